The highest BCUT2D eigenvalue weighted by atomic mass is 35.5. The maximum atomic E-state index is 14.7. The second-order valence-electron chi connectivity index (χ2n) is 9.50. The fourth-order valence-corrected chi connectivity index (χ4v) is 5.90. The number of alkyl halides is 1. The van der Waals surface area contributed by atoms with Crippen molar-refractivity contribution in [2.75, 3.05) is 12.3 Å². The van der Waals surface area contributed by atoms with E-state index in [-0.39, 0.29) is 22.6 Å². The van der Waals surface area contributed by atoms with E-state index in [0.717, 1.165) is 6.20 Å². The van der Waals surface area contributed by atoms with E-state index in [0.29, 0.717) is 0 Å². The molecule has 6 atom stereocenters. The van der Waals surface area contributed by atoms with Crippen LogP contribution in [0.2, 0.25) is 0 Å². The van der Waals surface area contributed by atoms with E-state index in [9.17, 15) is 18.9 Å². The number of aliphatic hydroxyl groups excluding tert-OH is 1. The molecule has 2 aromatic heterocycles. The SMILES string of the molecule is CC(C)OC(=O)C(C)NP(=O)(OC[C@H]1O[C@@H](n2cc(F)c3c(N)ncnc32)[C@](C)(Cl)[C@@H]1O)Oc1ccccc1. The van der Waals surface area contributed by atoms with Gasteiger partial charge in [0.15, 0.2) is 17.7 Å². The number of benzene rings is 1. The number of nitrogens with one attached hydrogen (secondary N) is 1. The topological polar surface area (TPSA) is 160 Å². The minimum absolute atomic E-state index is 0.0185. The molecule has 0 amide bonds. The third-order valence-electron chi connectivity index (χ3n) is 6.00. The number of fused-ring (bicyclic) bond motifs is 1. The molecule has 212 valence electrons. The predicted octanol–water partition coefficient (Wildman–Crippen LogP) is 3.54. The average molecular weight is 586 g/mol. The van der Waals surface area contributed by atoms with Gasteiger partial charge in [0.25, 0.3) is 0 Å². The molecule has 1 aliphatic rings. The summed E-state index contributed by atoms with van der Waals surface area (Å²) in [6.07, 6.45) is -1.75. The number of aromatic nitrogens is 3. The number of nitrogen functional groups attached to an aromatic ring is 1. The van der Waals surface area contributed by atoms with Gasteiger partial charge in [-0.15, -0.1) is 11.6 Å². The number of nitrogens with zero attached hydrogens (tertiary/aromatic N) is 3. The van der Waals surface area contributed by atoms with Crippen LogP contribution < -0.4 is 15.3 Å². The van der Waals surface area contributed by atoms with Gasteiger partial charge in [-0.3, -0.25) is 9.32 Å². The minimum Gasteiger partial charge on any atom is -0.462 e. The third-order valence-corrected chi connectivity index (χ3v) is 8.05. The zero-order valence-electron chi connectivity index (χ0n) is 21.7. The van der Waals surface area contributed by atoms with Gasteiger partial charge < -0.3 is 29.4 Å². The molecular formula is C24H30ClFN5O7P. The molecule has 4 rings (SSSR count). The van der Waals surface area contributed by atoms with Crippen molar-refractivity contribution in [2.45, 2.75) is 63.2 Å². The number of aliphatic hydroxyl groups is 1. The number of esters is 1. The molecule has 0 saturated carbocycles. The Labute approximate surface area is 229 Å². The largest absolute Gasteiger partial charge is 0.462 e. The quantitative estimate of drug-likeness (QED) is 0.181. The van der Waals surface area contributed by atoms with Crippen LogP contribution in [0.15, 0.2) is 42.9 Å². The molecule has 3 heterocycles. The average Bonchev–Trinajstić information content (AvgIpc) is 3.31. The maximum Gasteiger partial charge on any atom is 0.459 e. The summed E-state index contributed by atoms with van der Waals surface area (Å²) in [6, 6.07) is 7.12. The fourth-order valence-electron chi connectivity index (χ4n) is 4.10. The lowest BCUT2D eigenvalue weighted by Crippen LogP contribution is -2.40. The minimum atomic E-state index is -4.24. The first kappa shape index (κ1) is 29.2. The second kappa shape index (κ2) is 11.4. The molecule has 2 unspecified atom stereocenters. The first-order valence-corrected chi connectivity index (χ1v) is 14.0. The van der Waals surface area contributed by atoms with Crippen molar-refractivity contribution >= 4 is 42.2 Å². The van der Waals surface area contributed by atoms with Crippen molar-refractivity contribution in [1.82, 2.24) is 19.6 Å². The van der Waals surface area contributed by atoms with E-state index in [1.54, 1.807) is 44.2 Å². The van der Waals surface area contributed by atoms with Crippen LogP contribution in [0.25, 0.3) is 11.0 Å². The Morgan fingerprint density at radius 2 is 2.03 bits per heavy atom. The normalized spacial score (nSPS) is 25.5. The molecule has 1 aliphatic heterocycles. The van der Waals surface area contributed by atoms with Crippen molar-refractivity contribution in [1.29, 1.82) is 0 Å². The molecule has 1 fully saturated rings. The first-order chi connectivity index (χ1) is 18.3. The number of hydrogen-bond donors (Lipinski definition) is 3. The summed E-state index contributed by atoms with van der Waals surface area (Å²) in [6.45, 7) is 5.84. The highest BCUT2D eigenvalue weighted by Gasteiger charge is 2.54. The number of carbonyl (C=O) groups is 1. The standard InChI is InChI=1S/C24H30ClFN5O7P/c1-13(2)36-22(33)14(3)30-39(34,38-15-8-6-5-7-9-15)35-11-17-19(32)24(4,25)23(37-17)31-10-16(26)18-20(27)28-12-29-21(18)31/h5-10,12-14,17,19,23,32H,11H2,1-4H3,(H,30,34)(H2,27,28,29)/t14?,17-,19-,23-,24-,39?/m1/s1. The lowest BCUT2D eigenvalue weighted by molar-refractivity contribution is -0.149. The summed E-state index contributed by atoms with van der Waals surface area (Å²) in [5.41, 5.74) is 5.92. The van der Waals surface area contributed by atoms with E-state index in [1.807, 2.05) is 0 Å². The van der Waals surface area contributed by atoms with E-state index in [4.69, 9.17) is 35.9 Å². The van der Waals surface area contributed by atoms with Crippen molar-refractivity contribution in [2.24, 2.45) is 0 Å². The highest BCUT2D eigenvalue weighted by molar-refractivity contribution is 7.52. The Balaban J connectivity index is 1.56. The van der Waals surface area contributed by atoms with Crippen molar-refractivity contribution in [3.8, 4) is 5.75 Å². The number of carbonyl (C=O) groups excluding carboxylic acids is 1. The molecule has 0 radical (unpaired) electrons. The molecule has 1 aromatic carbocycles. The monoisotopic (exact) mass is 585 g/mol. The Hall–Kier alpha value is -2.80. The van der Waals surface area contributed by atoms with Crippen LogP contribution in [-0.4, -0.2) is 61.4 Å². The van der Waals surface area contributed by atoms with Gasteiger partial charge in [0, 0.05) is 6.20 Å². The Kier molecular flexibility index (Phi) is 8.50. The van der Waals surface area contributed by atoms with Gasteiger partial charge >= 0.3 is 13.7 Å². The van der Waals surface area contributed by atoms with Gasteiger partial charge in [-0.25, -0.2) is 18.9 Å². The van der Waals surface area contributed by atoms with E-state index in [1.165, 1.54) is 24.7 Å². The molecule has 0 spiro atoms. The van der Waals surface area contributed by atoms with Gasteiger partial charge in [-0.05, 0) is 39.8 Å². The molecule has 0 aliphatic carbocycles. The number of para-hydroxylation sites is 1. The summed E-state index contributed by atoms with van der Waals surface area (Å²) >= 11 is 6.69. The van der Waals surface area contributed by atoms with Gasteiger partial charge in [-0.2, -0.15) is 5.09 Å². The van der Waals surface area contributed by atoms with E-state index >= 15 is 0 Å². The number of anilines is 1. The summed E-state index contributed by atoms with van der Waals surface area (Å²) in [5.74, 6) is -1.22. The van der Waals surface area contributed by atoms with Crippen molar-refractivity contribution < 1.29 is 37.4 Å². The van der Waals surface area contributed by atoms with Crippen LogP contribution in [0, 0.1) is 5.82 Å². The third kappa shape index (κ3) is 6.19. The number of rotatable bonds is 10. The molecule has 39 heavy (non-hydrogen) atoms. The summed E-state index contributed by atoms with van der Waals surface area (Å²) in [5, 5.41) is 13.6. The molecule has 12 nitrogen and oxygen atoms in total. The zero-order chi connectivity index (χ0) is 28.5. The van der Waals surface area contributed by atoms with Crippen LogP contribution in [0.1, 0.15) is 33.9 Å². The molecular weight excluding hydrogens is 556 g/mol. The van der Waals surface area contributed by atoms with Crippen molar-refractivity contribution in [3.63, 3.8) is 0 Å². The number of hydrogen-bond acceptors (Lipinski definition) is 10. The fraction of sp³-hybridized carbons (Fsp3) is 0.458. The van der Waals surface area contributed by atoms with Gasteiger partial charge in [-0.1, -0.05) is 18.2 Å². The molecule has 1 saturated heterocycles. The Morgan fingerprint density at radius 3 is 2.69 bits per heavy atom. The number of nitrogens with two attached hydrogens (primary N) is 1. The lowest BCUT2D eigenvalue weighted by Gasteiger charge is -2.26. The molecule has 3 aromatic rings. The Bertz CT molecular complexity index is 1380. The van der Waals surface area contributed by atoms with E-state index in [2.05, 4.69) is 15.1 Å². The summed E-state index contributed by atoms with van der Waals surface area (Å²) in [4.78, 5) is 18.8. The first-order valence-electron chi connectivity index (χ1n) is 12.1. The van der Waals surface area contributed by atoms with E-state index < -0.39 is 61.6 Å². The lowest BCUT2D eigenvalue weighted by atomic mass is 10.0. The van der Waals surface area contributed by atoms with Gasteiger partial charge in [0.2, 0.25) is 0 Å². The van der Waals surface area contributed by atoms with Crippen LogP contribution in [0.4, 0.5) is 10.2 Å². The van der Waals surface area contributed by atoms with Crippen LogP contribution in [-0.2, 0) is 23.4 Å². The molecule has 15 heteroatoms. The smallest absolute Gasteiger partial charge is 0.459 e. The second-order valence-corrected chi connectivity index (χ2v) is 12.0. The Morgan fingerprint density at radius 1 is 1.33 bits per heavy atom. The summed E-state index contributed by atoms with van der Waals surface area (Å²) in [7, 11) is -4.24. The molecule has 0 bridgehead atoms. The van der Waals surface area contributed by atoms with Gasteiger partial charge in [0.1, 0.15) is 41.0 Å². The number of halogens is 2. The van der Waals surface area contributed by atoms with Gasteiger partial charge in [0.05, 0.1) is 18.1 Å². The van der Waals surface area contributed by atoms with Crippen LogP contribution in [0.3, 0.4) is 0 Å². The maximum absolute atomic E-state index is 14.7. The van der Waals surface area contributed by atoms with Crippen molar-refractivity contribution in [3.05, 3.63) is 48.7 Å². The van der Waals surface area contributed by atoms with Crippen LogP contribution in [0.5, 0.6) is 5.75 Å². The zero-order valence-corrected chi connectivity index (χ0v) is 23.3. The molecule has 4 N–H and O–H groups in total. The highest BCUT2D eigenvalue weighted by Crippen LogP contribution is 2.49. The number of ether oxygens (including phenoxy) is 2. The predicted molar refractivity (Wildman–Crippen MR) is 141 cm³/mol. The summed E-state index contributed by atoms with van der Waals surface area (Å²) < 4.78 is 52.2. The van der Waals surface area contributed by atoms with Crippen LogP contribution >= 0.6 is 19.3 Å².